The second kappa shape index (κ2) is 10.5. The molecule has 0 saturated heterocycles. The predicted molar refractivity (Wildman–Crippen MR) is 122 cm³/mol. The molecule has 2 aromatic rings. The van der Waals surface area contributed by atoms with Crippen LogP contribution in [0.4, 0.5) is 10.8 Å². The van der Waals surface area contributed by atoms with E-state index in [1.165, 1.54) is 17.8 Å². The monoisotopic (exact) mass is 429 g/mol. The zero-order chi connectivity index (χ0) is 21.5. The first-order chi connectivity index (χ1) is 14.4. The minimum atomic E-state index is -0.177. The first-order valence-electron chi connectivity index (χ1n) is 10.5. The lowest BCUT2D eigenvalue weighted by Gasteiger charge is -2.29. The number of nitrogen functional groups attached to an aromatic ring is 1. The molecule has 1 fully saturated rings. The molecule has 1 aromatic carbocycles. The summed E-state index contributed by atoms with van der Waals surface area (Å²) in [6.07, 6.45) is 5.26. The van der Waals surface area contributed by atoms with E-state index in [-0.39, 0.29) is 24.3 Å². The van der Waals surface area contributed by atoms with Gasteiger partial charge in [-0.3, -0.25) is 9.59 Å². The van der Waals surface area contributed by atoms with Gasteiger partial charge in [0.25, 0.3) is 0 Å². The van der Waals surface area contributed by atoms with Crippen LogP contribution in [0.15, 0.2) is 29.6 Å². The molecule has 7 nitrogen and oxygen atoms in total. The summed E-state index contributed by atoms with van der Waals surface area (Å²) in [6, 6.07) is 7.49. The van der Waals surface area contributed by atoms with Crippen LogP contribution in [-0.2, 0) is 9.59 Å². The van der Waals surface area contributed by atoms with Crippen molar-refractivity contribution in [2.75, 3.05) is 44.8 Å². The normalized spacial score (nSPS) is 14.6. The van der Waals surface area contributed by atoms with Gasteiger partial charge in [-0.2, -0.15) is 0 Å². The Morgan fingerprint density at radius 1 is 1.13 bits per heavy atom. The van der Waals surface area contributed by atoms with Crippen LogP contribution in [0.5, 0.6) is 0 Å². The molecule has 0 unspecified atom stereocenters. The van der Waals surface area contributed by atoms with Gasteiger partial charge in [-0.15, -0.1) is 11.3 Å². The summed E-state index contributed by atoms with van der Waals surface area (Å²) >= 11 is 1.40. The third-order valence-electron chi connectivity index (χ3n) is 5.40. The molecular weight excluding hydrogens is 398 g/mol. The molecule has 0 bridgehead atoms. The van der Waals surface area contributed by atoms with Crippen LogP contribution in [0.25, 0.3) is 11.3 Å². The van der Waals surface area contributed by atoms with Gasteiger partial charge in [0.2, 0.25) is 11.8 Å². The summed E-state index contributed by atoms with van der Waals surface area (Å²) in [5.41, 5.74) is 8.16. The minimum Gasteiger partial charge on any atom is -0.375 e. The van der Waals surface area contributed by atoms with Crippen LogP contribution < -0.4 is 11.1 Å². The Labute approximate surface area is 182 Å². The van der Waals surface area contributed by atoms with Crippen molar-refractivity contribution in [2.24, 2.45) is 5.92 Å². The Balaban J connectivity index is 1.60. The van der Waals surface area contributed by atoms with Gasteiger partial charge in [-0.1, -0.05) is 31.4 Å². The van der Waals surface area contributed by atoms with E-state index >= 15 is 0 Å². The predicted octanol–water partition coefficient (Wildman–Crippen LogP) is 3.30. The lowest BCUT2D eigenvalue weighted by Crippen LogP contribution is -2.44. The molecule has 0 radical (unpaired) electrons. The van der Waals surface area contributed by atoms with E-state index in [4.69, 9.17) is 5.73 Å². The topological polar surface area (TPSA) is 91.6 Å². The number of rotatable bonds is 8. The number of aromatic nitrogens is 1. The number of benzene rings is 1. The molecule has 1 aromatic heterocycles. The summed E-state index contributed by atoms with van der Waals surface area (Å²) in [5.74, 6) is -0.00900. The standard InChI is InChI=1S/C22H31N5O2S/c1-26(2)12-13-27(21(29)17-6-4-3-5-7-17)14-20(28)24-18-10-8-16(9-11-18)19-15-30-22(23)25-19/h8-11,15,17H,3-7,12-14H2,1-2H3,(H2,23,25)(H,24,28). The first-order valence-corrected chi connectivity index (χ1v) is 11.3. The number of nitrogens with two attached hydrogens (primary N) is 1. The Morgan fingerprint density at radius 3 is 2.43 bits per heavy atom. The van der Waals surface area contributed by atoms with E-state index in [1.54, 1.807) is 4.90 Å². The summed E-state index contributed by atoms with van der Waals surface area (Å²) in [6.45, 7) is 1.37. The molecule has 1 saturated carbocycles. The van der Waals surface area contributed by atoms with Crippen LogP contribution in [0.2, 0.25) is 0 Å². The number of nitrogens with one attached hydrogen (secondary N) is 1. The average molecular weight is 430 g/mol. The van der Waals surface area contributed by atoms with Gasteiger partial charge in [0.15, 0.2) is 5.13 Å². The molecule has 30 heavy (non-hydrogen) atoms. The molecule has 0 spiro atoms. The maximum atomic E-state index is 13.0. The summed E-state index contributed by atoms with van der Waals surface area (Å²) in [7, 11) is 3.95. The van der Waals surface area contributed by atoms with Crippen molar-refractivity contribution >= 4 is 34.0 Å². The molecular formula is C22H31N5O2S. The van der Waals surface area contributed by atoms with Crippen LogP contribution in [0.1, 0.15) is 32.1 Å². The number of carbonyl (C=O) groups is 2. The number of hydrogen-bond donors (Lipinski definition) is 2. The highest BCUT2D eigenvalue weighted by Crippen LogP contribution is 2.26. The van der Waals surface area contributed by atoms with Crippen LogP contribution in [-0.4, -0.2) is 60.3 Å². The number of amides is 2. The molecule has 2 amide bonds. The number of hydrogen-bond acceptors (Lipinski definition) is 6. The van der Waals surface area contributed by atoms with Crippen molar-refractivity contribution in [3.05, 3.63) is 29.6 Å². The van der Waals surface area contributed by atoms with E-state index in [9.17, 15) is 9.59 Å². The van der Waals surface area contributed by atoms with Crippen molar-refractivity contribution in [3.63, 3.8) is 0 Å². The molecule has 0 atom stereocenters. The fraction of sp³-hybridized carbons (Fsp3) is 0.500. The van der Waals surface area contributed by atoms with E-state index < -0.39 is 0 Å². The number of thiazole rings is 1. The zero-order valence-electron chi connectivity index (χ0n) is 17.8. The van der Waals surface area contributed by atoms with Gasteiger partial charge in [0, 0.05) is 35.6 Å². The Kier molecular flexibility index (Phi) is 7.81. The lowest BCUT2D eigenvalue weighted by atomic mass is 9.88. The SMILES string of the molecule is CN(C)CCN(CC(=O)Nc1ccc(-c2csc(N)n2)cc1)C(=O)C1CCCCC1. The van der Waals surface area contributed by atoms with Gasteiger partial charge >= 0.3 is 0 Å². The van der Waals surface area contributed by atoms with Crippen molar-refractivity contribution in [2.45, 2.75) is 32.1 Å². The molecule has 8 heteroatoms. The first kappa shape index (κ1) is 22.2. The molecule has 0 aliphatic heterocycles. The zero-order valence-corrected chi connectivity index (χ0v) is 18.6. The average Bonchev–Trinajstić information content (AvgIpc) is 3.18. The summed E-state index contributed by atoms with van der Waals surface area (Å²) in [4.78, 5) is 33.7. The lowest BCUT2D eigenvalue weighted by molar-refractivity contribution is -0.139. The van der Waals surface area contributed by atoms with Gasteiger partial charge in [-0.25, -0.2) is 4.98 Å². The summed E-state index contributed by atoms with van der Waals surface area (Å²) < 4.78 is 0. The van der Waals surface area contributed by atoms with Gasteiger partial charge in [0.1, 0.15) is 0 Å². The van der Waals surface area contributed by atoms with E-state index in [0.29, 0.717) is 17.4 Å². The van der Waals surface area contributed by atoms with Crippen molar-refractivity contribution < 1.29 is 9.59 Å². The molecule has 3 rings (SSSR count). The van der Waals surface area contributed by atoms with Crippen LogP contribution in [0.3, 0.4) is 0 Å². The van der Waals surface area contributed by atoms with Gasteiger partial charge in [0.05, 0.1) is 12.2 Å². The smallest absolute Gasteiger partial charge is 0.243 e. The van der Waals surface area contributed by atoms with E-state index in [1.807, 2.05) is 48.6 Å². The Bertz CT molecular complexity index is 843. The third-order valence-corrected chi connectivity index (χ3v) is 6.08. The fourth-order valence-corrected chi connectivity index (χ4v) is 4.29. The number of nitrogens with zero attached hydrogens (tertiary/aromatic N) is 3. The maximum Gasteiger partial charge on any atom is 0.243 e. The molecule has 162 valence electrons. The Morgan fingerprint density at radius 2 is 1.83 bits per heavy atom. The second-order valence-electron chi connectivity index (χ2n) is 8.09. The highest BCUT2D eigenvalue weighted by molar-refractivity contribution is 7.13. The van der Waals surface area contributed by atoms with Crippen molar-refractivity contribution in [1.29, 1.82) is 0 Å². The van der Waals surface area contributed by atoms with Gasteiger partial charge in [-0.05, 0) is 39.1 Å². The molecule has 3 N–H and O–H groups in total. The van der Waals surface area contributed by atoms with Crippen LogP contribution in [0, 0.1) is 5.92 Å². The largest absolute Gasteiger partial charge is 0.375 e. The molecule has 1 aliphatic rings. The maximum absolute atomic E-state index is 13.0. The summed E-state index contributed by atoms with van der Waals surface area (Å²) in [5, 5.41) is 5.35. The molecule has 1 heterocycles. The Hall–Kier alpha value is -2.45. The molecule has 1 aliphatic carbocycles. The van der Waals surface area contributed by atoms with Crippen molar-refractivity contribution in [1.82, 2.24) is 14.8 Å². The third kappa shape index (κ3) is 6.27. The minimum absolute atomic E-state index is 0.0542. The second-order valence-corrected chi connectivity index (χ2v) is 8.98. The van der Waals surface area contributed by atoms with Crippen LogP contribution >= 0.6 is 11.3 Å². The number of carbonyl (C=O) groups excluding carboxylic acids is 2. The quantitative estimate of drug-likeness (QED) is 0.672. The highest BCUT2D eigenvalue weighted by atomic mass is 32.1. The van der Waals surface area contributed by atoms with Crippen molar-refractivity contribution in [3.8, 4) is 11.3 Å². The van der Waals surface area contributed by atoms with Gasteiger partial charge < -0.3 is 20.9 Å². The fourth-order valence-electron chi connectivity index (χ4n) is 3.71. The van der Waals surface area contributed by atoms with E-state index in [0.717, 1.165) is 43.5 Å². The van der Waals surface area contributed by atoms with E-state index in [2.05, 4.69) is 10.3 Å². The number of likely N-dealkylation sites (N-methyl/N-ethyl adjacent to an activating group) is 1. The number of anilines is 2. The highest BCUT2D eigenvalue weighted by Gasteiger charge is 2.27.